The molecule has 2 N–H and O–H groups in total. The lowest BCUT2D eigenvalue weighted by molar-refractivity contribution is 0.0954. The minimum Gasteiger partial charge on any atom is -0.352 e. The number of anilines is 1. The topological polar surface area (TPSA) is 95.6 Å². The molecule has 1 heterocycles. The van der Waals surface area contributed by atoms with Crippen LogP contribution in [0.3, 0.4) is 0 Å². The van der Waals surface area contributed by atoms with Crippen molar-refractivity contribution in [3.8, 4) is 0 Å². The van der Waals surface area contributed by atoms with Gasteiger partial charge in [0.1, 0.15) is 0 Å². The molecule has 0 aliphatic carbocycles. The number of nitrogens with zero attached hydrogens (tertiary/aromatic N) is 1. The van der Waals surface area contributed by atoms with Crippen LogP contribution in [0, 0.1) is 5.92 Å². The fourth-order valence-corrected chi connectivity index (χ4v) is 5.01. The molecule has 2 aromatic carbocycles. The number of hydrogen-bond acceptors (Lipinski definition) is 4. The second-order valence-electron chi connectivity index (χ2n) is 7.87. The third kappa shape index (κ3) is 5.51. The molecule has 166 valence electrons. The number of carbonyl (C=O) groups is 2. The number of para-hydroxylation sites is 1. The van der Waals surface area contributed by atoms with Crippen molar-refractivity contribution < 1.29 is 18.0 Å². The van der Waals surface area contributed by atoms with Crippen molar-refractivity contribution in [2.24, 2.45) is 5.92 Å². The predicted molar refractivity (Wildman–Crippen MR) is 121 cm³/mol. The second kappa shape index (κ2) is 10.1. The molecular weight excluding hydrogens is 414 g/mol. The number of carbonyl (C=O) groups excluding carboxylic acids is 2. The Morgan fingerprint density at radius 2 is 1.74 bits per heavy atom. The van der Waals surface area contributed by atoms with Gasteiger partial charge in [0.15, 0.2) is 0 Å². The quantitative estimate of drug-likeness (QED) is 0.685. The van der Waals surface area contributed by atoms with Crippen LogP contribution in [0.5, 0.6) is 0 Å². The second-order valence-corrected chi connectivity index (χ2v) is 9.81. The molecule has 2 aromatic rings. The van der Waals surface area contributed by atoms with E-state index in [0.29, 0.717) is 36.8 Å². The Morgan fingerprint density at radius 1 is 1.03 bits per heavy atom. The molecule has 1 saturated heterocycles. The first-order chi connectivity index (χ1) is 14.8. The van der Waals surface area contributed by atoms with Crippen LogP contribution in [0.1, 0.15) is 53.8 Å². The lowest BCUT2D eigenvalue weighted by Gasteiger charge is -2.29. The first kappa shape index (κ1) is 23.0. The summed E-state index contributed by atoms with van der Waals surface area (Å²) in [5.74, 6) is -0.230. The third-order valence-electron chi connectivity index (χ3n) is 5.43. The number of sulfonamides is 1. The molecule has 0 bridgehead atoms. The van der Waals surface area contributed by atoms with E-state index in [1.807, 2.05) is 6.92 Å². The van der Waals surface area contributed by atoms with Crippen LogP contribution in [0.4, 0.5) is 5.69 Å². The molecule has 0 spiro atoms. The molecule has 1 aliphatic heterocycles. The molecule has 2 amide bonds. The van der Waals surface area contributed by atoms with Crippen molar-refractivity contribution in [2.45, 2.75) is 38.0 Å². The molecule has 7 nitrogen and oxygen atoms in total. The SMILES string of the molecule is CCCNC(=O)c1ccccc1NC(=O)c1cccc(S(=O)(=O)N2CCC(C)CC2)c1. The molecule has 31 heavy (non-hydrogen) atoms. The van der Waals surface area contributed by atoms with Gasteiger partial charge < -0.3 is 10.6 Å². The summed E-state index contributed by atoms with van der Waals surface area (Å²) in [5, 5.41) is 5.54. The maximum absolute atomic E-state index is 13.0. The summed E-state index contributed by atoms with van der Waals surface area (Å²) in [4.78, 5) is 25.3. The zero-order valence-corrected chi connectivity index (χ0v) is 18.7. The molecule has 1 aliphatic rings. The summed E-state index contributed by atoms with van der Waals surface area (Å²) in [7, 11) is -3.66. The molecule has 0 saturated carbocycles. The average molecular weight is 444 g/mol. The Hall–Kier alpha value is -2.71. The van der Waals surface area contributed by atoms with Gasteiger partial charge in [-0.3, -0.25) is 9.59 Å². The Morgan fingerprint density at radius 3 is 2.45 bits per heavy atom. The van der Waals surface area contributed by atoms with Gasteiger partial charge in [-0.1, -0.05) is 32.0 Å². The van der Waals surface area contributed by atoms with Crippen molar-refractivity contribution in [3.63, 3.8) is 0 Å². The zero-order chi connectivity index (χ0) is 22.4. The number of rotatable bonds is 7. The van der Waals surface area contributed by atoms with Crippen LogP contribution in [0.25, 0.3) is 0 Å². The maximum Gasteiger partial charge on any atom is 0.255 e. The Balaban J connectivity index is 1.79. The van der Waals surface area contributed by atoms with Crippen molar-refractivity contribution in [2.75, 3.05) is 25.0 Å². The molecule has 3 rings (SSSR count). The lowest BCUT2D eigenvalue weighted by atomic mass is 10.0. The van der Waals surface area contributed by atoms with Crippen LogP contribution in [0.15, 0.2) is 53.4 Å². The lowest BCUT2D eigenvalue weighted by Crippen LogP contribution is -2.37. The van der Waals surface area contributed by atoms with Crippen molar-refractivity contribution in [1.82, 2.24) is 9.62 Å². The maximum atomic E-state index is 13.0. The fourth-order valence-electron chi connectivity index (χ4n) is 3.49. The molecule has 8 heteroatoms. The van der Waals surface area contributed by atoms with Gasteiger partial charge in [0.25, 0.3) is 11.8 Å². The largest absolute Gasteiger partial charge is 0.352 e. The van der Waals surface area contributed by atoms with Gasteiger partial charge in [-0.25, -0.2) is 8.42 Å². The molecule has 1 fully saturated rings. The summed E-state index contributed by atoms with van der Waals surface area (Å²) in [6.45, 7) is 5.59. The molecular formula is C23H29N3O4S. The summed E-state index contributed by atoms with van der Waals surface area (Å²) in [5.41, 5.74) is 0.949. The van der Waals surface area contributed by atoms with E-state index in [9.17, 15) is 18.0 Å². The van der Waals surface area contributed by atoms with E-state index in [0.717, 1.165) is 19.3 Å². The highest BCUT2D eigenvalue weighted by Crippen LogP contribution is 2.24. The van der Waals surface area contributed by atoms with Crippen LogP contribution < -0.4 is 10.6 Å². The highest BCUT2D eigenvalue weighted by Gasteiger charge is 2.28. The highest BCUT2D eigenvalue weighted by atomic mass is 32.2. The van der Waals surface area contributed by atoms with Gasteiger partial charge in [-0.15, -0.1) is 0 Å². The molecule has 0 radical (unpaired) electrons. The number of benzene rings is 2. The van der Waals surface area contributed by atoms with E-state index < -0.39 is 15.9 Å². The van der Waals surface area contributed by atoms with Gasteiger partial charge in [-0.05, 0) is 55.5 Å². The first-order valence-electron chi connectivity index (χ1n) is 10.6. The van der Waals surface area contributed by atoms with Crippen molar-refractivity contribution in [3.05, 3.63) is 59.7 Å². The minimum atomic E-state index is -3.66. The van der Waals surface area contributed by atoms with E-state index >= 15 is 0 Å². The Bertz CT molecular complexity index is 1040. The first-order valence-corrected chi connectivity index (χ1v) is 12.1. The summed E-state index contributed by atoms with van der Waals surface area (Å²) >= 11 is 0. The van der Waals surface area contributed by atoms with Crippen molar-refractivity contribution >= 4 is 27.5 Å². The van der Waals surface area contributed by atoms with E-state index in [1.165, 1.54) is 16.4 Å². The summed E-state index contributed by atoms with van der Waals surface area (Å²) < 4.78 is 27.5. The van der Waals surface area contributed by atoms with Gasteiger partial charge in [0.05, 0.1) is 16.1 Å². The summed E-state index contributed by atoms with van der Waals surface area (Å²) in [6.07, 6.45) is 2.46. The third-order valence-corrected chi connectivity index (χ3v) is 7.33. The van der Waals surface area contributed by atoms with Crippen LogP contribution in [-0.2, 0) is 10.0 Å². The zero-order valence-electron chi connectivity index (χ0n) is 17.9. The standard InChI is InChI=1S/C23H29N3O4S/c1-3-13-24-23(28)20-9-4-5-10-21(20)25-22(27)18-7-6-8-19(16-18)31(29,30)26-14-11-17(2)12-15-26/h4-10,16-17H,3,11-15H2,1-2H3,(H,24,28)(H,25,27). The Kier molecular flexibility index (Phi) is 7.46. The smallest absolute Gasteiger partial charge is 0.255 e. The van der Waals surface area contributed by atoms with Gasteiger partial charge in [0.2, 0.25) is 10.0 Å². The molecule has 0 aromatic heterocycles. The van der Waals surface area contributed by atoms with Gasteiger partial charge in [0, 0.05) is 25.2 Å². The van der Waals surface area contributed by atoms with Crippen LogP contribution >= 0.6 is 0 Å². The predicted octanol–water partition coefficient (Wildman–Crippen LogP) is 3.50. The fraction of sp³-hybridized carbons (Fsp3) is 0.391. The van der Waals surface area contributed by atoms with E-state index in [2.05, 4.69) is 17.6 Å². The normalized spacial score (nSPS) is 15.4. The van der Waals surface area contributed by atoms with Crippen LogP contribution in [-0.4, -0.2) is 44.2 Å². The number of amides is 2. The van der Waals surface area contributed by atoms with E-state index in [1.54, 1.807) is 36.4 Å². The van der Waals surface area contributed by atoms with E-state index in [4.69, 9.17) is 0 Å². The minimum absolute atomic E-state index is 0.101. The van der Waals surface area contributed by atoms with Crippen molar-refractivity contribution in [1.29, 1.82) is 0 Å². The Labute approximate surface area is 183 Å². The number of nitrogens with one attached hydrogen (secondary N) is 2. The highest BCUT2D eigenvalue weighted by molar-refractivity contribution is 7.89. The number of piperidine rings is 1. The summed E-state index contributed by atoms with van der Waals surface area (Å²) in [6, 6.07) is 12.8. The number of hydrogen-bond donors (Lipinski definition) is 2. The molecule has 0 unspecified atom stereocenters. The monoisotopic (exact) mass is 443 g/mol. The molecule has 0 atom stereocenters. The van der Waals surface area contributed by atoms with E-state index in [-0.39, 0.29) is 16.4 Å². The van der Waals surface area contributed by atoms with Crippen LogP contribution in [0.2, 0.25) is 0 Å². The average Bonchev–Trinajstić information content (AvgIpc) is 2.78. The van der Waals surface area contributed by atoms with Gasteiger partial charge >= 0.3 is 0 Å². The van der Waals surface area contributed by atoms with Gasteiger partial charge in [-0.2, -0.15) is 4.31 Å².